The van der Waals surface area contributed by atoms with Crippen molar-refractivity contribution < 1.29 is 19.1 Å². The molecule has 2 aliphatic heterocycles. The van der Waals surface area contributed by atoms with Crippen LogP contribution in [0.3, 0.4) is 0 Å². The van der Waals surface area contributed by atoms with Gasteiger partial charge in [-0.25, -0.2) is 4.79 Å². The summed E-state index contributed by atoms with van der Waals surface area (Å²) in [4.78, 5) is 37.7. The van der Waals surface area contributed by atoms with E-state index in [1.807, 2.05) is 39.0 Å². The first-order valence-corrected chi connectivity index (χ1v) is 9.28. The summed E-state index contributed by atoms with van der Waals surface area (Å²) in [5, 5.41) is 2.74. The Bertz CT molecular complexity index is 736. The van der Waals surface area contributed by atoms with Gasteiger partial charge in [-0.3, -0.25) is 9.59 Å². The topological polar surface area (TPSA) is 75.7 Å². The van der Waals surface area contributed by atoms with Gasteiger partial charge in [0, 0.05) is 17.9 Å². The molecular formula is C18H22N2O4S. The summed E-state index contributed by atoms with van der Waals surface area (Å²) in [5.41, 5.74) is 2.76. The molecule has 2 atom stereocenters. The zero-order valence-electron chi connectivity index (χ0n) is 14.6. The predicted octanol–water partition coefficient (Wildman–Crippen LogP) is 2.24. The normalized spacial score (nSPS) is 25.0. The molecule has 0 aliphatic carbocycles. The van der Waals surface area contributed by atoms with Gasteiger partial charge in [0.1, 0.15) is 6.04 Å². The largest absolute Gasteiger partial charge is 0.454 e. The fourth-order valence-corrected chi connectivity index (χ4v) is 4.78. The Morgan fingerprint density at radius 1 is 1.40 bits per heavy atom. The number of esters is 1. The number of ether oxygens (including phenoxy) is 1. The van der Waals surface area contributed by atoms with Crippen molar-refractivity contribution in [1.29, 1.82) is 0 Å². The molecular weight excluding hydrogens is 340 g/mol. The Morgan fingerprint density at radius 3 is 2.88 bits per heavy atom. The number of amides is 2. The molecule has 25 heavy (non-hydrogen) atoms. The summed E-state index contributed by atoms with van der Waals surface area (Å²) >= 11 is 1.60. The number of thioether (sulfide) groups is 1. The number of fused-ring (bicyclic) bond motifs is 1. The zero-order chi connectivity index (χ0) is 18.2. The number of hydrogen-bond acceptors (Lipinski definition) is 5. The molecule has 3 rings (SSSR count). The maximum atomic E-state index is 12.3. The number of nitrogens with one attached hydrogen (secondary N) is 1. The lowest BCUT2D eigenvalue weighted by Crippen LogP contribution is -2.47. The van der Waals surface area contributed by atoms with Gasteiger partial charge in [0.05, 0.1) is 4.87 Å². The van der Waals surface area contributed by atoms with Crippen LogP contribution in [0.4, 0.5) is 5.69 Å². The molecule has 0 saturated carbocycles. The van der Waals surface area contributed by atoms with E-state index in [1.165, 1.54) is 0 Å². The quantitative estimate of drug-likeness (QED) is 0.832. The summed E-state index contributed by atoms with van der Waals surface area (Å²) in [7, 11) is 0. The summed E-state index contributed by atoms with van der Waals surface area (Å²) in [6.45, 7) is 5.51. The third-order valence-electron chi connectivity index (χ3n) is 4.72. The monoisotopic (exact) mass is 362 g/mol. The van der Waals surface area contributed by atoms with Gasteiger partial charge >= 0.3 is 5.97 Å². The number of nitrogens with zero attached hydrogens (tertiary/aromatic N) is 1. The number of benzene rings is 1. The van der Waals surface area contributed by atoms with Gasteiger partial charge in [-0.05, 0) is 38.8 Å². The van der Waals surface area contributed by atoms with Crippen molar-refractivity contribution in [3.8, 4) is 0 Å². The molecule has 2 saturated heterocycles. The second-order valence-electron chi connectivity index (χ2n) is 6.74. The van der Waals surface area contributed by atoms with Crippen molar-refractivity contribution in [2.24, 2.45) is 0 Å². The molecule has 0 spiro atoms. The van der Waals surface area contributed by atoms with Crippen LogP contribution in [-0.2, 0) is 19.1 Å². The van der Waals surface area contributed by atoms with Crippen molar-refractivity contribution in [3.05, 3.63) is 29.3 Å². The van der Waals surface area contributed by atoms with Crippen molar-refractivity contribution in [1.82, 2.24) is 4.90 Å². The van der Waals surface area contributed by atoms with Crippen molar-refractivity contribution >= 4 is 35.2 Å². The highest BCUT2D eigenvalue weighted by Crippen LogP contribution is 2.47. The molecule has 0 aromatic heterocycles. The Balaban J connectivity index is 1.55. The summed E-state index contributed by atoms with van der Waals surface area (Å²) < 4.78 is 5.17. The molecule has 1 N–H and O–H groups in total. The lowest BCUT2D eigenvalue weighted by molar-refractivity contribution is -0.155. The second kappa shape index (κ2) is 6.71. The minimum absolute atomic E-state index is 0.0193. The van der Waals surface area contributed by atoms with Crippen LogP contribution in [0.25, 0.3) is 0 Å². The Hall–Kier alpha value is -2.02. The lowest BCUT2D eigenvalue weighted by atomic mass is 10.1. The van der Waals surface area contributed by atoms with Gasteiger partial charge in [-0.1, -0.05) is 17.7 Å². The maximum absolute atomic E-state index is 12.3. The first-order chi connectivity index (χ1) is 11.8. The molecule has 0 bridgehead atoms. The summed E-state index contributed by atoms with van der Waals surface area (Å²) in [5.74, 6) is -0.405. The van der Waals surface area contributed by atoms with E-state index in [9.17, 15) is 14.4 Å². The van der Waals surface area contributed by atoms with Crippen LogP contribution < -0.4 is 5.32 Å². The average molecular weight is 362 g/mol. The first kappa shape index (κ1) is 17.8. The number of hydrogen-bond donors (Lipinski definition) is 1. The second-order valence-corrected chi connectivity index (χ2v) is 8.24. The molecule has 6 nitrogen and oxygen atoms in total. The van der Waals surface area contributed by atoms with Gasteiger partial charge in [0.15, 0.2) is 6.61 Å². The van der Waals surface area contributed by atoms with E-state index in [1.54, 1.807) is 16.7 Å². The average Bonchev–Trinajstić information content (AvgIpc) is 3.04. The van der Waals surface area contributed by atoms with Gasteiger partial charge in [-0.2, -0.15) is 0 Å². The highest BCUT2D eigenvalue weighted by atomic mass is 32.2. The van der Waals surface area contributed by atoms with Crippen LogP contribution in [0.1, 0.15) is 30.9 Å². The summed E-state index contributed by atoms with van der Waals surface area (Å²) in [6, 6.07) is 5.10. The van der Waals surface area contributed by atoms with E-state index >= 15 is 0 Å². The molecule has 0 radical (unpaired) electrons. The smallest absolute Gasteiger partial charge is 0.330 e. The Labute approximate surface area is 151 Å². The number of anilines is 1. The zero-order valence-corrected chi connectivity index (χ0v) is 15.4. The third kappa shape index (κ3) is 3.51. The number of aryl methyl sites for hydroxylation is 2. The predicted molar refractivity (Wildman–Crippen MR) is 96.2 cm³/mol. The minimum atomic E-state index is -0.598. The van der Waals surface area contributed by atoms with E-state index < -0.39 is 12.0 Å². The minimum Gasteiger partial charge on any atom is -0.454 e. The highest BCUT2D eigenvalue weighted by molar-refractivity contribution is 8.01. The van der Waals surface area contributed by atoms with E-state index in [0.717, 1.165) is 17.5 Å². The molecule has 1 aromatic carbocycles. The lowest BCUT2D eigenvalue weighted by Gasteiger charge is -2.29. The molecule has 2 fully saturated rings. The molecule has 2 aliphatic rings. The van der Waals surface area contributed by atoms with E-state index in [-0.39, 0.29) is 23.3 Å². The Kier molecular flexibility index (Phi) is 4.77. The van der Waals surface area contributed by atoms with Gasteiger partial charge in [0.2, 0.25) is 5.91 Å². The maximum Gasteiger partial charge on any atom is 0.330 e. The number of carbonyl (C=O) groups is 3. The fourth-order valence-electron chi connectivity index (χ4n) is 3.37. The molecule has 134 valence electrons. The van der Waals surface area contributed by atoms with Crippen LogP contribution in [0, 0.1) is 13.8 Å². The van der Waals surface area contributed by atoms with Crippen LogP contribution >= 0.6 is 11.8 Å². The first-order valence-electron chi connectivity index (χ1n) is 8.30. The van der Waals surface area contributed by atoms with Crippen LogP contribution in [0.2, 0.25) is 0 Å². The molecule has 7 heteroatoms. The standard InChI is InChI=1S/C18H22N2O4S/c1-11-4-5-13(12(2)8-11)19-15(21)9-24-17(23)14-10-25-18(3)7-6-16(22)20(14)18/h4-5,8,14H,6-7,9-10H2,1-3H3,(H,19,21)/t14-,18-/m0/s1. The van der Waals surface area contributed by atoms with E-state index in [4.69, 9.17) is 4.74 Å². The van der Waals surface area contributed by atoms with E-state index in [2.05, 4.69) is 5.32 Å². The van der Waals surface area contributed by atoms with Gasteiger partial charge in [0.25, 0.3) is 5.91 Å². The van der Waals surface area contributed by atoms with Crippen molar-refractivity contribution in [3.63, 3.8) is 0 Å². The van der Waals surface area contributed by atoms with Crippen LogP contribution in [-0.4, -0.2) is 46.0 Å². The van der Waals surface area contributed by atoms with Crippen molar-refractivity contribution in [2.75, 3.05) is 17.7 Å². The number of rotatable bonds is 4. The van der Waals surface area contributed by atoms with Crippen molar-refractivity contribution in [2.45, 2.75) is 44.5 Å². The molecule has 2 amide bonds. The fraction of sp³-hybridized carbons (Fsp3) is 0.500. The van der Waals surface area contributed by atoms with Gasteiger partial charge in [-0.15, -0.1) is 11.8 Å². The Morgan fingerprint density at radius 2 is 2.16 bits per heavy atom. The van der Waals surface area contributed by atoms with Gasteiger partial charge < -0.3 is 15.0 Å². The highest BCUT2D eigenvalue weighted by Gasteiger charge is 2.53. The van der Waals surface area contributed by atoms with E-state index in [0.29, 0.717) is 17.9 Å². The molecule has 2 heterocycles. The summed E-state index contributed by atoms with van der Waals surface area (Å²) in [6.07, 6.45) is 1.20. The molecule has 1 aromatic rings. The van der Waals surface area contributed by atoms with Crippen LogP contribution in [0.5, 0.6) is 0 Å². The number of carbonyl (C=O) groups excluding carboxylic acids is 3. The SMILES string of the molecule is Cc1ccc(NC(=O)COC(=O)[C@@H]2CS[C@@]3(C)CCC(=O)N23)c(C)c1. The third-order valence-corrected chi connectivity index (χ3v) is 6.22. The molecule has 0 unspecified atom stereocenters. The van der Waals surface area contributed by atoms with Crippen LogP contribution in [0.15, 0.2) is 18.2 Å².